The summed E-state index contributed by atoms with van der Waals surface area (Å²) >= 11 is 0. The predicted octanol–water partition coefficient (Wildman–Crippen LogP) is 1.86. The van der Waals surface area contributed by atoms with Gasteiger partial charge < -0.3 is 10.2 Å². The summed E-state index contributed by atoms with van der Waals surface area (Å²) in [7, 11) is 2.03. The zero-order chi connectivity index (χ0) is 13.9. The van der Waals surface area contributed by atoms with Gasteiger partial charge in [-0.15, -0.1) is 5.10 Å². The maximum Gasteiger partial charge on any atom is 0.245 e. The van der Waals surface area contributed by atoms with Crippen LogP contribution in [0.25, 0.3) is 5.65 Å². The van der Waals surface area contributed by atoms with E-state index in [-0.39, 0.29) is 0 Å². The molecule has 1 fully saturated rings. The van der Waals surface area contributed by atoms with Crippen LogP contribution in [-0.2, 0) is 0 Å². The Morgan fingerprint density at radius 3 is 2.85 bits per heavy atom. The van der Waals surface area contributed by atoms with E-state index in [1.54, 1.807) is 0 Å². The minimum absolute atomic E-state index is 0.845. The van der Waals surface area contributed by atoms with E-state index in [0.29, 0.717) is 0 Å². The van der Waals surface area contributed by atoms with Gasteiger partial charge in [-0.3, -0.25) is 0 Å². The third kappa shape index (κ3) is 2.63. The normalized spacial score (nSPS) is 17.0. The van der Waals surface area contributed by atoms with E-state index in [0.717, 1.165) is 37.1 Å². The number of hydrogen-bond donors (Lipinski definition) is 1. The Kier molecular flexibility index (Phi) is 3.87. The molecule has 0 spiro atoms. The molecule has 0 bridgehead atoms. The lowest BCUT2D eigenvalue weighted by atomic mass is 9.94. The first-order valence-corrected chi connectivity index (χ1v) is 7.49. The van der Waals surface area contributed by atoms with Gasteiger partial charge in [0, 0.05) is 19.3 Å². The van der Waals surface area contributed by atoms with Crippen LogP contribution in [0.2, 0.25) is 0 Å². The van der Waals surface area contributed by atoms with Crippen LogP contribution in [0.1, 0.15) is 24.8 Å². The molecule has 2 aromatic rings. The van der Waals surface area contributed by atoms with Gasteiger partial charge in [0.15, 0.2) is 5.65 Å². The molecule has 108 valence electrons. The second-order valence-electron chi connectivity index (χ2n) is 5.69. The maximum atomic E-state index is 4.69. The highest BCUT2D eigenvalue weighted by Gasteiger charge is 2.21. The van der Waals surface area contributed by atoms with Gasteiger partial charge in [0.25, 0.3) is 0 Å². The Labute approximate surface area is 120 Å². The molecule has 0 unspecified atom stereocenters. The van der Waals surface area contributed by atoms with Crippen molar-refractivity contribution in [3.05, 3.63) is 23.9 Å². The Morgan fingerprint density at radius 2 is 2.15 bits per heavy atom. The van der Waals surface area contributed by atoms with Crippen LogP contribution in [0, 0.1) is 12.8 Å². The predicted molar refractivity (Wildman–Crippen MR) is 81.2 cm³/mol. The van der Waals surface area contributed by atoms with E-state index in [1.807, 2.05) is 23.8 Å². The number of nitrogens with one attached hydrogen (secondary N) is 1. The fraction of sp³-hybridized carbons (Fsp3) is 0.600. The lowest BCUT2D eigenvalue weighted by Crippen LogP contribution is -2.35. The zero-order valence-electron chi connectivity index (χ0n) is 12.3. The van der Waals surface area contributed by atoms with Crippen molar-refractivity contribution in [3.8, 4) is 0 Å². The molecular formula is C15H23N5. The van der Waals surface area contributed by atoms with E-state index < -0.39 is 0 Å². The van der Waals surface area contributed by atoms with Crippen LogP contribution in [-0.4, -0.2) is 41.3 Å². The summed E-state index contributed by atoms with van der Waals surface area (Å²) in [5, 5.41) is 7.84. The molecule has 20 heavy (non-hydrogen) atoms. The van der Waals surface area contributed by atoms with Crippen LogP contribution in [0.3, 0.4) is 0 Å². The van der Waals surface area contributed by atoms with Crippen LogP contribution < -0.4 is 10.2 Å². The van der Waals surface area contributed by atoms with Crippen LogP contribution in [0.15, 0.2) is 18.3 Å². The molecule has 1 aliphatic rings. The van der Waals surface area contributed by atoms with Crippen molar-refractivity contribution in [1.82, 2.24) is 19.9 Å². The molecule has 5 nitrogen and oxygen atoms in total. The summed E-state index contributed by atoms with van der Waals surface area (Å²) in [6.45, 7) is 5.35. The van der Waals surface area contributed by atoms with Gasteiger partial charge >= 0.3 is 0 Å². The molecule has 0 atom stereocenters. The lowest BCUT2D eigenvalue weighted by molar-refractivity contribution is 0.376. The number of rotatable bonds is 4. The maximum absolute atomic E-state index is 4.69. The number of nitrogens with zero attached hydrogens (tertiary/aromatic N) is 4. The molecule has 2 aromatic heterocycles. The number of fused-ring (bicyclic) bond motifs is 1. The van der Waals surface area contributed by atoms with E-state index in [2.05, 4.69) is 33.3 Å². The minimum Gasteiger partial charge on any atom is -0.339 e. The summed E-state index contributed by atoms with van der Waals surface area (Å²) in [6, 6.07) is 4.10. The monoisotopic (exact) mass is 273 g/mol. The van der Waals surface area contributed by atoms with Crippen molar-refractivity contribution in [2.24, 2.45) is 5.92 Å². The van der Waals surface area contributed by atoms with Gasteiger partial charge in [-0.05, 0) is 57.3 Å². The highest BCUT2D eigenvalue weighted by Crippen LogP contribution is 2.23. The molecule has 3 rings (SSSR count). The molecular weight excluding hydrogens is 250 g/mol. The van der Waals surface area contributed by atoms with E-state index >= 15 is 0 Å². The first-order valence-electron chi connectivity index (χ1n) is 7.49. The molecule has 0 radical (unpaired) electrons. The highest BCUT2D eigenvalue weighted by molar-refractivity contribution is 5.50. The number of pyridine rings is 1. The highest BCUT2D eigenvalue weighted by atomic mass is 15.4. The van der Waals surface area contributed by atoms with Gasteiger partial charge in [-0.2, -0.15) is 4.98 Å². The first kappa shape index (κ1) is 13.4. The Hall–Kier alpha value is -1.62. The Balaban J connectivity index is 1.69. The number of hydrogen-bond acceptors (Lipinski definition) is 4. The summed E-state index contributed by atoms with van der Waals surface area (Å²) in [6.07, 6.45) is 5.74. The molecule has 0 amide bonds. The molecule has 1 aliphatic heterocycles. The van der Waals surface area contributed by atoms with Crippen molar-refractivity contribution < 1.29 is 0 Å². The van der Waals surface area contributed by atoms with Crippen molar-refractivity contribution in [3.63, 3.8) is 0 Å². The lowest BCUT2D eigenvalue weighted by Gasteiger charge is -2.31. The molecule has 0 saturated carbocycles. The summed E-state index contributed by atoms with van der Waals surface area (Å²) in [5.41, 5.74) is 2.15. The van der Waals surface area contributed by atoms with Gasteiger partial charge in [-0.1, -0.05) is 6.07 Å². The van der Waals surface area contributed by atoms with Crippen LogP contribution >= 0.6 is 0 Å². The van der Waals surface area contributed by atoms with Crippen molar-refractivity contribution in [2.75, 3.05) is 31.6 Å². The van der Waals surface area contributed by atoms with Crippen molar-refractivity contribution in [2.45, 2.75) is 26.2 Å². The fourth-order valence-electron chi connectivity index (χ4n) is 2.93. The number of anilines is 1. The largest absolute Gasteiger partial charge is 0.339 e. The summed E-state index contributed by atoms with van der Waals surface area (Å²) in [5.74, 6) is 1.73. The average Bonchev–Trinajstić information content (AvgIpc) is 2.91. The third-order valence-electron chi connectivity index (χ3n) is 4.25. The smallest absolute Gasteiger partial charge is 0.245 e. The van der Waals surface area contributed by atoms with Crippen molar-refractivity contribution >= 4 is 11.6 Å². The molecule has 0 aliphatic carbocycles. The Morgan fingerprint density at radius 1 is 1.35 bits per heavy atom. The first-order chi connectivity index (χ1) is 9.78. The SMILES string of the molecule is CNCCC1CCN(c2nc3c(C)cccn3n2)CC1. The molecule has 1 N–H and O–H groups in total. The van der Waals surface area contributed by atoms with Gasteiger partial charge in [0.2, 0.25) is 5.95 Å². The van der Waals surface area contributed by atoms with Crippen LogP contribution in [0.4, 0.5) is 5.95 Å². The van der Waals surface area contributed by atoms with Gasteiger partial charge in [-0.25, -0.2) is 4.52 Å². The third-order valence-corrected chi connectivity index (χ3v) is 4.25. The Bertz CT molecular complexity index is 569. The summed E-state index contributed by atoms with van der Waals surface area (Å²) < 4.78 is 1.89. The number of piperidine rings is 1. The standard InChI is InChI=1S/C15H23N5/c1-12-4-3-9-20-14(12)17-15(18-20)19-10-6-13(7-11-19)5-8-16-2/h3-4,9,13,16H,5-8,10-11H2,1-2H3. The number of aryl methyl sites for hydroxylation is 1. The van der Waals surface area contributed by atoms with Crippen molar-refractivity contribution in [1.29, 1.82) is 0 Å². The zero-order valence-corrected chi connectivity index (χ0v) is 12.3. The topological polar surface area (TPSA) is 45.5 Å². The van der Waals surface area contributed by atoms with E-state index in [1.165, 1.54) is 24.8 Å². The van der Waals surface area contributed by atoms with E-state index in [9.17, 15) is 0 Å². The van der Waals surface area contributed by atoms with Gasteiger partial charge in [0.05, 0.1) is 0 Å². The fourth-order valence-corrected chi connectivity index (χ4v) is 2.93. The molecule has 0 aromatic carbocycles. The van der Waals surface area contributed by atoms with E-state index in [4.69, 9.17) is 0 Å². The second kappa shape index (κ2) is 5.79. The average molecular weight is 273 g/mol. The minimum atomic E-state index is 0.845. The molecule has 1 saturated heterocycles. The summed E-state index contributed by atoms with van der Waals surface area (Å²) in [4.78, 5) is 7.01. The molecule has 3 heterocycles. The quantitative estimate of drug-likeness (QED) is 0.923. The second-order valence-corrected chi connectivity index (χ2v) is 5.69. The molecule has 5 heteroatoms. The number of aromatic nitrogens is 3. The van der Waals surface area contributed by atoms with Crippen LogP contribution in [0.5, 0.6) is 0 Å². The van der Waals surface area contributed by atoms with Gasteiger partial charge in [0.1, 0.15) is 0 Å².